The van der Waals surface area contributed by atoms with E-state index < -0.39 is 5.41 Å². The molecule has 1 aliphatic carbocycles. The first kappa shape index (κ1) is 16.5. The van der Waals surface area contributed by atoms with Crippen LogP contribution in [0.5, 0.6) is 5.75 Å². The molecular formula is C18H21N3O3S. The molecule has 0 bridgehead atoms. The Labute approximate surface area is 150 Å². The first-order chi connectivity index (χ1) is 12.2. The molecule has 132 valence electrons. The first-order valence-corrected chi connectivity index (χ1v) is 9.40. The molecule has 25 heavy (non-hydrogen) atoms. The van der Waals surface area contributed by atoms with E-state index in [4.69, 9.17) is 9.47 Å². The first-order valence-electron chi connectivity index (χ1n) is 8.58. The molecule has 1 saturated heterocycles. The molecule has 2 aromatic rings. The number of carbonyl (C=O) groups excluding carboxylic acids is 1. The second-order valence-electron chi connectivity index (χ2n) is 6.60. The fraction of sp³-hybridized carbons (Fsp3) is 0.500. The van der Waals surface area contributed by atoms with Crippen LogP contribution < -0.4 is 10.1 Å². The summed E-state index contributed by atoms with van der Waals surface area (Å²) in [6, 6.07) is 7.74. The van der Waals surface area contributed by atoms with Crippen LogP contribution in [0.3, 0.4) is 0 Å². The predicted molar refractivity (Wildman–Crippen MR) is 95.2 cm³/mol. The highest BCUT2D eigenvalue weighted by Gasteiger charge is 2.42. The normalized spacial score (nSPS) is 19.4. The number of ether oxygens (including phenoxy) is 2. The fourth-order valence-corrected chi connectivity index (χ4v) is 4.18. The fourth-order valence-electron chi connectivity index (χ4n) is 3.27. The summed E-state index contributed by atoms with van der Waals surface area (Å²) < 4.78 is 10.7. The van der Waals surface area contributed by atoms with Gasteiger partial charge >= 0.3 is 0 Å². The van der Waals surface area contributed by atoms with Gasteiger partial charge in [0.15, 0.2) is 0 Å². The Kier molecular flexibility index (Phi) is 4.43. The van der Waals surface area contributed by atoms with Gasteiger partial charge in [-0.1, -0.05) is 23.5 Å². The number of methoxy groups -OCH3 is 1. The minimum atomic E-state index is -0.601. The highest BCUT2D eigenvalue weighted by atomic mass is 32.1. The molecule has 4 rings (SSSR count). The maximum Gasteiger partial charge on any atom is 0.237 e. The van der Waals surface area contributed by atoms with E-state index in [9.17, 15) is 4.79 Å². The number of benzene rings is 1. The second-order valence-corrected chi connectivity index (χ2v) is 7.61. The van der Waals surface area contributed by atoms with Crippen LogP contribution in [0.2, 0.25) is 0 Å². The summed E-state index contributed by atoms with van der Waals surface area (Å²) in [5.41, 5.74) is 0.386. The van der Waals surface area contributed by atoms with Crippen LogP contribution in [0.15, 0.2) is 24.3 Å². The number of nitrogens with one attached hydrogen (secondary N) is 1. The molecule has 2 aliphatic rings. The molecule has 2 heterocycles. The molecule has 0 spiro atoms. The number of rotatable bonds is 5. The lowest BCUT2D eigenvalue weighted by molar-refractivity contribution is -0.125. The SMILES string of the molecule is COc1ccc(C2(C(=O)Nc3nnc(C4CC4)s3)CCOCC2)cc1. The highest BCUT2D eigenvalue weighted by Crippen LogP contribution is 2.42. The molecule has 1 aromatic heterocycles. The molecule has 6 nitrogen and oxygen atoms in total. The number of hydrogen-bond donors (Lipinski definition) is 1. The van der Waals surface area contributed by atoms with E-state index in [1.807, 2.05) is 24.3 Å². The van der Waals surface area contributed by atoms with Gasteiger partial charge in [-0.05, 0) is 43.4 Å². The van der Waals surface area contributed by atoms with Gasteiger partial charge in [0.1, 0.15) is 10.8 Å². The monoisotopic (exact) mass is 359 g/mol. The Bertz CT molecular complexity index is 749. The van der Waals surface area contributed by atoms with Gasteiger partial charge in [0.25, 0.3) is 0 Å². The number of amides is 1. The quantitative estimate of drug-likeness (QED) is 0.888. The van der Waals surface area contributed by atoms with Gasteiger partial charge in [-0.25, -0.2) is 0 Å². The second kappa shape index (κ2) is 6.72. The molecule has 1 aliphatic heterocycles. The van der Waals surface area contributed by atoms with Crippen LogP contribution in [-0.4, -0.2) is 36.4 Å². The van der Waals surface area contributed by atoms with Gasteiger partial charge < -0.3 is 9.47 Å². The van der Waals surface area contributed by atoms with Gasteiger partial charge in [-0.15, -0.1) is 10.2 Å². The van der Waals surface area contributed by atoms with Gasteiger partial charge in [0.05, 0.1) is 12.5 Å². The molecule has 1 N–H and O–H groups in total. The summed E-state index contributed by atoms with van der Waals surface area (Å²) >= 11 is 1.49. The molecule has 2 fully saturated rings. The van der Waals surface area contributed by atoms with Crippen molar-refractivity contribution in [1.29, 1.82) is 0 Å². The zero-order valence-corrected chi connectivity index (χ0v) is 15.0. The smallest absolute Gasteiger partial charge is 0.237 e. The van der Waals surface area contributed by atoms with Gasteiger partial charge in [-0.3, -0.25) is 10.1 Å². The molecule has 1 amide bonds. The Balaban J connectivity index is 1.58. The van der Waals surface area contributed by atoms with E-state index in [-0.39, 0.29) is 5.91 Å². The largest absolute Gasteiger partial charge is 0.497 e. The lowest BCUT2D eigenvalue weighted by Gasteiger charge is -2.36. The summed E-state index contributed by atoms with van der Waals surface area (Å²) in [5.74, 6) is 1.30. The van der Waals surface area contributed by atoms with Crippen LogP contribution in [0.4, 0.5) is 5.13 Å². The molecule has 1 aromatic carbocycles. The van der Waals surface area contributed by atoms with E-state index in [0.29, 0.717) is 37.1 Å². The average Bonchev–Trinajstić information content (AvgIpc) is 3.42. The Hall–Kier alpha value is -1.99. The van der Waals surface area contributed by atoms with Crippen LogP contribution >= 0.6 is 11.3 Å². The van der Waals surface area contributed by atoms with Crippen molar-refractivity contribution in [1.82, 2.24) is 10.2 Å². The molecule has 1 saturated carbocycles. The molecule has 0 unspecified atom stereocenters. The summed E-state index contributed by atoms with van der Waals surface area (Å²) in [7, 11) is 1.64. The molecular weight excluding hydrogens is 338 g/mol. The Morgan fingerprint density at radius 1 is 1.24 bits per heavy atom. The van der Waals surface area contributed by atoms with Crippen molar-refractivity contribution in [3.8, 4) is 5.75 Å². The minimum Gasteiger partial charge on any atom is -0.497 e. The number of aromatic nitrogens is 2. The van der Waals surface area contributed by atoms with Crippen molar-refractivity contribution in [2.75, 3.05) is 25.6 Å². The summed E-state index contributed by atoms with van der Waals surface area (Å²) in [6.07, 6.45) is 3.66. The van der Waals surface area contributed by atoms with E-state index in [2.05, 4.69) is 15.5 Å². The summed E-state index contributed by atoms with van der Waals surface area (Å²) in [5, 5.41) is 13.0. The van der Waals surface area contributed by atoms with E-state index in [0.717, 1.165) is 16.3 Å². The van der Waals surface area contributed by atoms with Gasteiger partial charge in [-0.2, -0.15) is 0 Å². The predicted octanol–water partition coefficient (Wildman–Crippen LogP) is 3.11. The standard InChI is InChI=1S/C18H21N3O3S/c1-23-14-6-4-13(5-7-14)18(8-10-24-11-9-18)16(22)19-17-21-20-15(25-17)12-2-3-12/h4-7,12H,2-3,8-11H2,1H3,(H,19,21,22). The van der Waals surface area contributed by atoms with Crippen LogP contribution in [0.25, 0.3) is 0 Å². The Morgan fingerprint density at radius 2 is 1.96 bits per heavy atom. The van der Waals surface area contributed by atoms with E-state index >= 15 is 0 Å². The van der Waals surface area contributed by atoms with Crippen molar-refractivity contribution in [2.45, 2.75) is 37.0 Å². The van der Waals surface area contributed by atoms with Crippen LogP contribution in [0.1, 0.15) is 42.2 Å². The zero-order valence-electron chi connectivity index (χ0n) is 14.2. The van der Waals surface area contributed by atoms with E-state index in [1.165, 1.54) is 24.2 Å². The third kappa shape index (κ3) is 3.26. The summed E-state index contributed by atoms with van der Waals surface area (Å²) in [6.45, 7) is 1.14. The topological polar surface area (TPSA) is 73.3 Å². The number of nitrogens with zero attached hydrogens (tertiary/aromatic N) is 2. The van der Waals surface area contributed by atoms with E-state index in [1.54, 1.807) is 7.11 Å². The Morgan fingerprint density at radius 3 is 2.60 bits per heavy atom. The maximum absolute atomic E-state index is 13.2. The number of hydrogen-bond acceptors (Lipinski definition) is 6. The van der Waals surface area contributed by atoms with Crippen molar-refractivity contribution >= 4 is 22.4 Å². The number of carbonyl (C=O) groups is 1. The van der Waals surface area contributed by atoms with Gasteiger partial charge in [0, 0.05) is 19.1 Å². The lowest BCUT2D eigenvalue weighted by Crippen LogP contribution is -2.44. The van der Waals surface area contributed by atoms with Crippen LogP contribution in [-0.2, 0) is 14.9 Å². The lowest BCUT2D eigenvalue weighted by atomic mass is 9.73. The molecule has 0 radical (unpaired) electrons. The maximum atomic E-state index is 13.2. The third-order valence-corrected chi connectivity index (χ3v) is 6.01. The average molecular weight is 359 g/mol. The van der Waals surface area contributed by atoms with Gasteiger partial charge in [0.2, 0.25) is 11.0 Å². The van der Waals surface area contributed by atoms with Crippen molar-refractivity contribution in [3.05, 3.63) is 34.8 Å². The molecule has 7 heteroatoms. The number of anilines is 1. The van der Waals surface area contributed by atoms with Crippen molar-refractivity contribution in [3.63, 3.8) is 0 Å². The minimum absolute atomic E-state index is 0.0283. The highest BCUT2D eigenvalue weighted by molar-refractivity contribution is 7.15. The summed E-state index contributed by atoms with van der Waals surface area (Å²) in [4.78, 5) is 13.2. The van der Waals surface area contributed by atoms with Crippen LogP contribution in [0, 0.1) is 0 Å². The molecule has 0 atom stereocenters. The zero-order chi connectivity index (χ0) is 17.3. The van der Waals surface area contributed by atoms with Crippen molar-refractivity contribution in [2.24, 2.45) is 0 Å². The van der Waals surface area contributed by atoms with Crippen molar-refractivity contribution < 1.29 is 14.3 Å². The third-order valence-electron chi connectivity index (χ3n) is 5.01.